The van der Waals surface area contributed by atoms with Gasteiger partial charge in [-0.15, -0.1) is 11.3 Å². The fourth-order valence-corrected chi connectivity index (χ4v) is 4.26. The molecule has 0 atom stereocenters. The molecule has 0 saturated carbocycles. The molecule has 3 aromatic rings. The number of para-hydroxylation sites is 2. The van der Waals surface area contributed by atoms with Crippen molar-refractivity contribution in [3.05, 3.63) is 52.0 Å². The number of primary amides is 1. The van der Waals surface area contributed by atoms with Crippen molar-refractivity contribution in [1.82, 2.24) is 14.9 Å². The number of nitrogens with one attached hydrogen (secondary N) is 1. The Morgan fingerprint density at radius 2 is 2.12 bits per heavy atom. The van der Waals surface area contributed by atoms with Crippen molar-refractivity contribution in [1.29, 1.82) is 0 Å². The van der Waals surface area contributed by atoms with Crippen molar-refractivity contribution in [2.24, 2.45) is 5.73 Å². The fraction of sp³-hybridized carbons (Fsp3) is 0.333. The van der Waals surface area contributed by atoms with E-state index in [1.807, 2.05) is 23.6 Å². The van der Waals surface area contributed by atoms with Gasteiger partial charge in [-0.05, 0) is 44.1 Å². The minimum absolute atomic E-state index is 0.346. The SMILES string of the molecule is NC(=O)c1csc(CN2CCC(c3nc4ccccc4[nH]3)CC2)c1. The standard InChI is InChI=1S/C18H20N4OS/c19-17(23)13-9-14(24-11-13)10-22-7-5-12(6-8-22)18-20-15-3-1-2-4-16(15)21-18/h1-4,9,11-12H,5-8,10H2,(H2,19,23)(H,20,21). The number of hydrogen-bond acceptors (Lipinski definition) is 4. The number of aromatic nitrogens is 2. The molecule has 1 aliphatic heterocycles. The highest BCUT2D eigenvalue weighted by Crippen LogP contribution is 2.29. The smallest absolute Gasteiger partial charge is 0.249 e. The Balaban J connectivity index is 1.38. The third-order valence-electron chi connectivity index (χ3n) is 4.70. The predicted molar refractivity (Wildman–Crippen MR) is 96.2 cm³/mol. The first-order chi connectivity index (χ1) is 11.7. The van der Waals surface area contributed by atoms with E-state index in [0.717, 1.165) is 49.3 Å². The van der Waals surface area contributed by atoms with E-state index in [0.29, 0.717) is 11.5 Å². The number of piperidine rings is 1. The highest BCUT2D eigenvalue weighted by molar-refractivity contribution is 7.10. The summed E-state index contributed by atoms with van der Waals surface area (Å²) in [5.41, 5.74) is 8.10. The Kier molecular flexibility index (Phi) is 4.08. The molecule has 124 valence electrons. The molecule has 1 amide bonds. The average Bonchev–Trinajstić information content (AvgIpc) is 3.22. The Morgan fingerprint density at radius 1 is 1.33 bits per heavy atom. The number of thiophene rings is 1. The van der Waals surface area contributed by atoms with Crippen LogP contribution in [0.15, 0.2) is 35.7 Å². The minimum atomic E-state index is -0.346. The van der Waals surface area contributed by atoms with Crippen LogP contribution >= 0.6 is 11.3 Å². The first kappa shape index (κ1) is 15.4. The molecular formula is C18H20N4OS. The number of aromatic amines is 1. The second-order valence-corrected chi connectivity index (χ2v) is 7.35. The molecule has 1 aliphatic rings. The predicted octanol–water partition coefficient (Wildman–Crippen LogP) is 3.10. The molecule has 5 nitrogen and oxygen atoms in total. The van der Waals surface area contributed by atoms with Crippen LogP contribution in [-0.2, 0) is 6.54 Å². The highest BCUT2D eigenvalue weighted by Gasteiger charge is 2.23. The van der Waals surface area contributed by atoms with Gasteiger partial charge >= 0.3 is 0 Å². The number of fused-ring (bicyclic) bond motifs is 1. The maximum atomic E-state index is 11.2. The van der Waals surface area contributed by atoms with Crippen molar-refractivity contribution in [2.45, 2.75) is 25.3 Å². The number of rotatable bonds is 4. The molecule has 2 aromatic heterocycles. The summed E-state index contributed by atoms with van der Waals surface area (Å²) in [4.78, 5) is 23.0. The lowest BCUT2D eigenvalue weighted by Gasteiger charge is -2.30. The number of benzene rings is 1. The first-order valence-electron chi connectivity index (χ1n) is 8.23. The van der Waals surface area contributed by atoms with Gasteiger partial charge in [-0.25, -0.2) is 4.98 Å². The summed E-state index contributed by atoms with van der Waals surface area (Å²) in [5.74, 6) is 1.27. The molecule has 0 unspecified atom stereocenters. The van der Waals surface area contributed by atoms with Gasteiger partial charge in [-0.1, -0.05) is 12.1 Å². The molecule has 24 heavy (non-hydrogen) atoms. The maximum absolute atomic E-state index is 11.2. The molecule has 3 N–H and O–H groups in total. The Labute approximate surface area is 144 Å². The van der Waals surface area contributed by atoms with Gasteiger partial charge in [0.1, 0.15) is 5.82 Å². The van der Waals surface area contributed by atoms with Crippen molar-refractivity contribution in [3.8, 4) is 0 Å². The summed E-state index contributed by atoms with van der Waals surface area (Å²) in [6.45, 7) is 2.99. The number of nitrogens with two attached hydrogens (primary N) is 1. The number of imidazole rings is 1. The Morgan fingerprint density at radius 3 is 2.83 bits per heavy atom. The van der Waals surface area contributed by atoms with Crippen LogP contribution in [0.1, 0.15) is 39.8 Å². The van der Waals surface area contributed by atoms with Gasteiger partial charge in [0.25, 0.3) is 0 Å². The summed E-state index contributed by atoms with van der Waals surface area (Å²) < 4.78 is 0. The van der Waals surface area contributed by atoms with Gasteiger partial charge in [-0.2, -0.15) is 0 Å². The van der Waals surface area contributed by atoms with Crippen molar-refractivity contribution < 1.29 is 4.79 Å². The van der Waals surface area contributed by atoms with E-state index in [1.54, 1.807) is 11.3 Å². The van der Waals surface area contributed by atoms with E-state index in [2.05, 4.69) is 22.0 Å². The third kappa shape index (κ3) is 3.07. The van der Waals surface area contributed by atoms with Crippen LogP contribution in [0.2, 0.25) is 0 Å². The first-order valence-corrected chi connectivity index (χ1v) is 9.11. The molecule has 6 heteroatoms. The molecule has 4 rings (SSSR count). The third-order valence-corrected chi connectivity index (χ3v) is 5.62. The summed E-state index contributed by atoms with van der Waals surface area (Å²) in [5, 5.41) is 1.85. The van der Waals surface area contributed by atoms with E-state index in [4.69, 9.17) is 10.7 Å². The average molecular weight is 340 g/mol. The lowest BCUT2D eigenvalue weighted by molar-refractivity contribution is 0.100. The van der Waals surface area contributed by atoms with E-state index in [1.165, 1.54) is 4.88 Å². The van der Waals surface area contributed by atoms with Gasteiger partial charge in [0.05, 0.1) is 16.6 Å². The molecule has 0 bridgehead atoms. The number of nitrogens with zero attached hydrogens (tertiary/aromatic N) is 2. The Hall–Kier alpha value is -2.18. The molecule has 1 saturated heterocycles. The van der Waals surface area contributed by atoms with Crippen LogP contribution in [0.3, 0.4) is 0 Å². The number of hydrogen-bond donors (Lipinski definition) is 2. The van der Waals surface area contributed by atoms with Crippen LogP contribution in [0.25, 0.3) is 11.0 Å². The molecule has 1 fully saturated rings. The maximum Gasteiger partial charge on any atom is 0.249 e. The van der Waals surface area contributed by atoms with Crippen molar-refractivity contribution in [2.75, 3.05) is 13.1 Å². The number of likely N-dealkylation sites (tertiary alicyclic amines) is 1. The number of carbonyl (C=O) groups is 1. The van der Waals surface area contributed by atoms with E-state index in [-0.39, 0.29) is 5.91 Å². The van der Waals surface area contributed by atoms with Gasteiger partial charge in [0.2, 0.25) is 5.91 Å². The van der Waals surface area contributed by atoms with Crippen LogP contribution in [0.4, 0.5) is 0 Å². The molecule has 0 radical (unpaired) electrons. The highest BCUT2D eigenvalue weighted by atomic mass is 32.1. The lowest BCUT2D eigenvalue weighted by atomic mass is 9.96. The Bertz CT molecular complexity index is 828. The molecule has 0 aliphatic carbocycles. The number of H-pyrrole nitrogens is 1. The summed E-state index contributed by atoms with van der Waals surface area (Å²) in [7, 11) is 0. The van der Waals surface area contributed by atoms with Crippen molar-refractivity contribution >= 4 is 28.3 Å². The molecule has 1 aromatic carbocycles. The zero-order valence-electron chi connectivity index (χ0n) is 13.4. The zero-order chi connectivity index (χ0) is 16.5. The van der Waals surface area contributed by atoms with Gasteiger partial charge in [-0.3, -0.25) is 9.69 Å². The van der Waals surface area contributed by atoms with E-state index < -0.39 is 0 Å². The van der Waals surface area contributed by atoms with E-state index in [9.17, 15) is 4.79 Å². The molecule has 0 spiro atoms. The quantitative estimate of drug-likeness (QED) is 0.766. The normalized spacial score (nSPS) is 16.7. The van der Waals surface area contributed by atoms with Gasteiger partial charge in [0, 0.05) is 22.7 Å². The van der Waals surface area contributed by atoms with Gasteiger partial charge in [0.15, 0.2) is 0 Å². The second kappa shape index (κ2) is 6.37. The topological polar surface area (TPSA) is 75.0 Å². The van der Waals surface area contributed by atoms with Crippen LogP contribution < -0.4 is 5.73 Å². The van der Waals surface area contributed by atoms with Crippen LogP contribution in [0, 0.1) is 0 Å². The van der Waals surface area contributed by atoms with Crippen LogP contribution in [-0.4, -0.2) is 33.9 Å². The van der Waals surface area contributed by atoms with Gasteiger partial charge < -0.3 is 10.7 Å². The molecule has 3 heterocycles. The van der Waals surface area contributed by atoms with Crippen LogP contribution in [0.5, 0.6) is 0 Å². The second-order valence-electron chi connectivity index (χ2n) is 6.36. The summed E-state index contributed by atoms with van der Waals surface area (Å²) in [6, 6.07) is 10.1. The summed E-state index contributed by atoms with van der Waals surface area (Å²) >= 11 is 1.61. The number of carbonyl (C=O) groups excluding carboxylic acids is 1. The summed E-state index contributed by atoms with van der Waals surface area (Å²) in [6.07, 6.45) is 2.21. The zero-order valence-corrected chi connectivity index (χ0v) is 14.2. The number of amides is 1. The monoisotopic (exact) mass is 340 g/mol. The van der Waals surface area contributed by atoms with E-state index >= 15 is 0 Å². The largest absolute Gasteiger partial charge is 0.366 e. The molecular weight excluding hydrogens is 320 g/mol. The fourth-order valence-electron chi connectivity index (χ4n) is 3.34. The lowest BCUT2D eigenvalue weighted by Crippen LogP contribution is -2.32. The minimum Gasteiger partial charge on any atom is -0.366 e. The van der Waals surface area contributed by atoms with Crippen molar-refractivity contribution in [3.63, 3.8) is 0 Å².